The van der Waals surface area contributed by atoms with E-state index in [1.807, 2.05) is 18.7 Å². The molecule has 16 nitrogen and oxygen atoms in total. The van der Waals surface area contributed by atoms with Crippen molar-refractivity contribution in [3.05, 3.63) is 93.0 Å². The van der Waals surface area contributed by atoms with Crippen molar-refractivity contribution in [3.63, 3.8) is 0 Å². The van der Waals surface area contributed by atoms with E-state index < -0.39 is 53.9 Å². The van der Waals surface area contributed by atoms with Crippen molar-refractivity contribution in [1.82, 2.24) is 10.6 Å². The van der Waals surface area contributed by atoms with Gasteiger partial charge in [-0.2, -0.15) is 0 Å². The molecule has 5 N–H and O–H groups in total. The number of hydrogen-bond acceptors (Lipinski definition) is 14. The van der Waals surface area contributed by atoms with Gasteiger partial charge in [-0.25, -0.2) is 4.79 Å². The highest BCUT2D eigenvalue weighted by atomic mass is 16.6. The third kappa shape index (κ3) is 13.2. The van der Waals surface area contributed by atoms with Crippen molar-refractivity contribution >= 4 is 40.4 Å². The molecule has 6 atom stereocenters. The number of fused-ring (bicyclic) bond motifs is 3. The van der Waals surface area contributed by atoms with E-state index in [1.165, 1.54) is 26.4 Å². The maximum atomic E-state index is 14.1. The number of carbonyl (C=O) groups excluding carboxylic acids is 4. The number of hydrogen-bond donors (Lipinski definition) is 4. The number of unbranched alkanes of at least 4 members (excludes halogenated alkanes) is 3. The number of benzene rings is 1. The molecule has 1 saturated heterocycles. The predicted molar refractivity (Wildman–Crippen MR) is 237 cm³/mol. The number of anilines is 1. The number of morpholine rings is 1. The molecule has 1 aromatic carbocycles. The van der Waals surface area contributed by atoms with Gasteiger partial charge in [0.05, 0.1) is 48.8 Å². The van der Waals surface area contributed by atoms with Crippen LogP contribution in [-0.2, 0) is 33.3 Å². The number of methoxy groups -OCH3 is 2. The van der Waals surface area contributed by atoms with Crippen LogP contribution in [0.3, 0.4) is 0 Å². The zero-order chi connectivity index (χ0) is 45.6. The van der Waals surface area contributed by atoms with Gasteiger partial charge in [-0.3, -0.25) is 19.2 Å². The van der Waals surface area contributed by atoms with E-state index in [2.05, 4.69) is 10.6 Å². The van der Waals surface area contributed by atoms with Crippen molar-refractivity contribution in [2.75, 3.05) is 58.6 Å². The average molecular weight is 875 g/mol. The molecule has 2 amide bonds. The molecular formula is C47H62N4O12. The van der Waals surface area contributed by atoms with Gasteiger partial charge in [-0.15, -0.1) is 0 Å². The number of allylic oxidation sites excluding steroid dienone is 4. The number of rotatable bonds is 13. The molecular weight excluding hydrogens is 813 g/mol. The lowest BCUT2D eigenvalue weighted by molar-refractivity contribution is -0.120. The van der Waals surface area contributed by atoms with Gasteiger partial charge in [0.15, 0.2) is 17.4 Å². The summed E-state index contributed by atoms with van der Waals surface area (Å²) in [5.74, 6) is -1.09. The monoisotopic (exact) mass is 874 g/mol. The van der Waals surface area contributed by atoms with Crippen LogP contribution < -0.4 is 31.4 Å². The fourth-order valence-corrected chi connectivity index (χ4v) is 7.91. The molecule has 63 heavy (non-hydrogen) atoms. The molecule has 2 aliphatic heterocycles. The van der Waals surface area contributed by atoms with E-state index in [-0.39, 0.29) is 40.3 Å². The van der Waals surface area contributed by atoms with E-state index in [0.717, 1.165) is 25.3 Å². The smallest absolute Gasteiger partial charge is 0.405 e. The van der Waals surface area contributed by atoms with Crippen LogP contribution in [0.25, 0.3) is 11.0 Å². The number of nitrogens with one attached hydrogen (secondary N) is 2. The summed E-state index contributed by atoms with van der Waals surface area (Å²) in [6.07, 6.45) is 6.80. The third-order valence-electron chi connectivity index (χ3n) is 11.4. The Kier molecular flexibility index (Phi) is 17.9. The Morgan fingerprint density at radius 3 is 2.48 bits per heavy atom. The zero-order valence-corrected chi connectivity index (χ0v) is 37.1. The summed E-state index contributed by atoms with van der Waals surface area (Å²) in [4.78, 5) is 67.7. The minimum absolute atomic E-state index is 0.111. The largest absolute Gasteiger partial charge is 0.493 e. The van der Waals surface area contributed by atoms with E-state index in [0.29, 0.717) is 80.5 Å². The molecule has 0 unspecified atom stereocenters. The van der Waals surface area contributed by atoms with Gasteiger partial charge in [-0.05, 0) is 63.2 Å². The molecule has 16 heteroatoms. The quantitative estimate of drug-likeness (QED) is 0.119. The summed E-state index contributed by atoms with van der Waals surface area (Å²) in [5.41, 5.74) is 6.85. The molecule has 0 saturated carbocycles. The Labute approximate surface area is 368 Å². The first-order valence-electron chi connectivity index (χ1n) is 21.6. The highest BCUT2D eigenvalue weighted by Crippen LogP contribution is 2.29. The van der Waals surface area contributed by atoms with Crippen molar-refractivity contribution < 1.29 is 52.4 Å². The highest BCUT2D eigenvalue weighted by Gasteiger charge is 2.33. The highest BCUT2D eigenvalue weighted by molar-refractivity contribution is 6.23. The van der Waals surface area contributed by atoms with Crippen LogP contribution in [0.5, 0.6) is 5.75 Å². The molecule has 5 rings (SSSR count). The Morgan fingerprint density at radius 1 is 1.02 bits per heavy atom. The van der Waals surface area contributed by atoms with Gasteiger partial charge in [0.25, 0.3) is 5.91 Å². The lowest BCUT2D eigenvalue weighted by Crippen LogP contribution is -2.38. The van der Waals surface area contributed by atoms with E-state index in [9.17, 15) is 29.1 Å². The summed E-state index contributed by atoms with van der Waals surface area (Å²) in [7, 11) is 2.93. The molecule has 1 aliphatic carbocycles. The summed E-state index contributed by atoms with van der Waals surface area (Å²) in [5, 5.41) is 17.8. The minimum atomic E-state index is -1.01. The number of carbonyl (C=O) groups is 4. The molecule has 1 aromatic heterocycles. The number of amides is 2. The first-order chi connectivity index (χ1) is 30.2. The summed E-state index contributed by atoms with van der Waals surface area (Å²) >= 11 is 0. The number of nitrogens with zero attached hydrogens (tertiary/aromatic N) is 1. The Hall–Kier alpha value is -5.55. The molecule has 1 fully saturated rings. The Morgan fingerprint density at radius 2 is 1.76 bits per heavy atom. The van der Waals surface area contributed by atoms with E-state index >= 15 is 0 Å². The standard InChI is InChI=1S/C47H62N4O12/c1-28-22-34-42(49-16-9-7-8-10-19-61-32-14-15-33-36(52)27-41(62-39(33)25-32)51-17-20-60-21-18-51)37(53)26-35(44(34)55)50-46(56)29(2)12-11-13-38(58-5)45(63-47(48)57)31(4)24-30(3)43(54)40(23-28)59-6/h11-15,24-28,30,38,40,43,45,49,54H,7-10,16-23H2,1-6H3,(H2,48,57)(H,50,56)/b13-11+,29-12+,31-24+/t28-,30-,38-,40-,43+,45-/m1/s1. The Balaban J connectivity index is 1.24. The minimum Gasteiger partial charge on any atom is -0.493 e. The van der Waals surface area contributed by atoms with Crippen molar-refractivity contribution in [2.24, 2.45) is 17.6 Å². The molecule has 3 aliphatic rings. The second-order valence-corrected chi connectivity index (χ2v) is 16.3. The van der Waals surface area contributed by atoms with Gasteiger partial charge in [0.1, 0.15) is 17.4 Å². The lowest BCUT2D eigenvalue weighted by Gasteiger charge is -2.30. The Bertz CT molecular complexity index is 2180. The molecule has 2 bridgehead atoms. The number of aliphatic hydroxyl groups excluding tert-OH is 1. The van der Waals surface area contributed by atoms with Crippen LogP contribution >= 0.6 is 0 Å². The van der Waals surface area contributed by atoms with Crippen LogP contribution in [0, 0.1) is 11.8 Å². The maximum Gasteiger partial charge on any atom is 0.405 e. The fraction of sp³-hybridized carbons (Fsp3) is 0.511. The number of nitrogens with two attached hydrogens (primary N) is 1. The molecule has 0 spiro atoms. The SMILES string of the molecule is CO[C@@H]1/C=C/C=C(\C)C(=O)NC2=CC(=O)C(NCCCCCCOc3ccc4c(=O)cc(N5CCOCC5)oc4c3)=C(C[C@@H](C)C[C@@H](OC)[C@@H](O)[C@H](C)/C=C(\C)[C@H]1OC(N)=O)C2=O. The van der Waals surface area contributed by atoms with Gasteiger partial charge in [0, 0.05) is 69.1 Å². The number of Topliss-reactive ketones (excluding diaryl/α,β-unsaturated/α-hetero) is 1. The second kappa shape index (κ2) is 23.2. The van der Waals surface area contributed by atoms with Gasteiger partial charge in [-0.1, -0.05) is 51.0 Å². The van der Waals surface area contributed by atoms with Crippen molar-refractivity contribution in [2.45, 2.75) is 90.6 Å². The molecule has 0 radical (unpaired) electrons. The van der Waals surface area contributed by atoms with Crippen LogP contribution in [-0.4, -0.2) is 107 Å². The first-order valence-corrected chi connectivity index (χ1v) is 21.6. The van der Waals surface area contributed by atoms with Gasteiger partial charge in [0.2, 0.25) is 11.6 Å². The summed E-state index contributed by atoms with van der Waals surface area (Å²) in [6.45, 7) is 10.3. The van der Waals surface area contributed by atoms with Crippen LogP contribution in [0.1, 0.15) is 66.2 Å². The lowest BCUT2D eigenvalue weighted by atomic mass is 9.85. The maximum absolute atomic E-state index is 14.1. The number of primary amides is 1. The molecule has 2 aromatic rings. The summed E-state index contributed by atoms with van der Waals surface area (Å²) in [6, 6.07) is 6.74. The van der Waals surface area contributed by atoms with Gasteiger partial charge >= 0.3 is 6.09 Å². The van der Waals surface area contributed by atoms with Gasteiger partial charge < -0.3 is 54.5 Å². The molecule has 342 valence electrons. The normalized spacial score (nSPS) is 26.6. The third-order valence-corrected chi connectivity index (χ3v) is 11.4. The fourth-order valence-electron chi connectivity index (χ4n) is 7.91. The van der Waals surface area contributed by atoms with Crippen molar-refractivity contribution in [3.8, 4) is 5.75 Å². The number of ketones is 2. The number of aliphatic hydroxyl groups is 1. The van der Waals surface area contributed by atoms with Crippen LogP contribution in [0.15, 0.2) is 92.0 Å². The summed E-state index contributed by atoms with van der Waals surface area (Å²) < 4.78 is 34.3. The van der Waals surface area contributed by atoms with E-state index in [4.69, 9.17) is 33.8 Å². The molecule has 3 heterocycles. The average Bonchev–Trinajstić information content (AvgIpc) is 3.26. The zero-order valence-electron chi connectivity index (χ0n) is 37.1. The van der Waals surface area contributed by atoms with Crippen LogP contribution in [0.2, 0.25) is 0 Å². The van der Waals surface area contributed by atoms with E-state index in [1.54, 1.807) is 50.3 Å². The predicted octanol–water partition coefficient (Wildman–Crippen LogP) is 4.93. The second-order valence-electron chi connectivity index (χ2n) is 16.3. The van der Waals surface area contributed by atoms with Crippen molar-refractivity contribution in [1.29, 1.82) is 0 Å². The topological polar surface area (TPSA) is 218 Å². The van der Waals surface area contributed by atoms with Crippen LogP contribution in [0.4, 0.5) is 10.7 Å². The number of ether oxygens (including phenoxy) is 5. The first kappa shape index (κ1) is 48.5.